The Bertz CT molecular complexity index is 326. The van der Waals surface area contributed by atoms with Crippen LogP contribution in [0.2, 0.25) is 0 Å². The SMILES string of the molecule is CC1CCN(C(CN)c2ccc(Br)o2)C1. The number of rotatable bonds is 3. The maximum absolute atomic E-state index is 5.82. The maximum atomic E-state index is 5.82. The highest BCUT2D eigenvalue weighted by molar-refractivity contribution is 9.10. The molecule has 84 valence electrons. The minimum Gasteiger partial charge on any atom is -0.453 e. The number of nitrogens with two attached hydrogens (primary N) is 1. The van der Waals surface area contributed by atoms with Gasteiger partial charge in [0.1, 0.15) is 5.76 Å². The number of likely N-dealkylation sites (tertiary alicyclic amines) is 1. The van der Waals surface area contributed by atoms with Crippen LogP contribution in [0.1, 0.15) is 25.1 Å². The van der Waals surface area contributed by atoms with Crippen LogP contribution < -0.4 is 5.73 Å². The Labute approximate surface area is 98.7 Å². The summed E-state index contributed by atoms with van der Waals surface area (Å²) in [6.07, 6.45) is 1.26. The molecule has 0 saturated carbocycles. The molecule has 2 unspecified atom stereocenters. The lowest BCUT2D eigenvalue weighted by atomic mass is 10.1. The zero-order valence-electron chi connectivity index (χ0n) is 8.95. The summed E-state index contributed by atoms with van der Waals surface area (Å²) in [5.41, 5.74) is 5.82. The van der Waals surface area contributed by atoms with Gasteiger partial charge >= 0.3 is 0 Å². The highest BCUT2D eigenvalue weighted by Crippen LogP contribution is 2.29. The van der Waals surface area contributed by atoms with Crippen molar-refractivity contribution in [2.24, 2.45) is 11.7 Å². The molecule has 2 N–H and O–H groups in total. The third-order valence-electron chi connectivity index (χ3n) is 3.04. The van der Waals surface area contributed by atoms with Crippen molar-refractivity contribution < 1.29 is 4.42 Å². The van der Waals surface area contributed by atoms with Crippen LogP contribution in [-0.2, 0) is 0 Å². The summed E-state index contributed by atoms with van der Waals surface area (Å²) in [7, 11) is 0. The molecule has 3 nitrogen and oxygen atoms in total. The van der Waals surface area contributed by atoms with E-state index < -0.39 is 0 Å². The monoisotopic (exact) mass is 272 g/mol. The van der Waals surface area contributed by atoms with Gasteiger partial charge in [-0.15, -0.1) is 0 Å². The Morgan fingerprint density at radius 1 is 1.67 bits per heavy atom. The van der Waals surface area contributed by atoms with Gasteiger partial charge < -0.3 is 10.2 Å². The van der Waals surface area contributed by atoms with Gasteiger partial charge in [-0.2, -0.15) is 0 Å². The highest BCUT2D eigenvalue weighted by atomic mass is 79.9. The largest absolute Gasteiger partial charge is 0.453 e. The van der Waals surface area contributed by atoms with Crippen LogP contribution in [0.15, 0.2) is 21.2 Å². The van der Waals surface area contributed by atoms with Gasteiger partial charge in [0, 0.05) is 13.1 Å². The van der Waals surface area contributed by atoms with Crippen molar-refractivity contribution in [1.82, 2.24) is 4.90 Å². The van der Waals surface area contributed by atoms with Crippen molar-refractivity contribution in [3.63, 3.8) is 0 Å². The fraction of sp³-hybridized carbons (Fsp3) is 0.636. The summed E-state index contributed by atoms with van der Waals surface area (Å²) in [6.45, 7) is 5.15. The van der Waals surface area contributed by atoms with E-state index in [0.29, 0.717) is 6.54 Å². The molecule has 1 aromatic rings. The van der Waals surface area contributed by atoms with Gasteiger partial charge in [-0.25, -0.2) is 0 Å². The molecule has 2 atom stereocenters. The summed E-state index contributed by atoms with van der Waals surface area (Å²) in [6, 6.07) is 4.17. The molecule has 0 radical (unpaired) electrons. The summed E-state index contributed by atoms with van der Waals surface area (Å²) in [5.74, 6) is 1.75. The molecule has 0 spiro atoms. The van der Waals surface area contributed by atoms with Crippen molar-refractivity contribution in [2.75, 3.05) is 19.6 Å². The van der Waals surface area contributed by atoms with Crippen LogP contribution >= 0.6 is 15.9 Å². The average molecular weight is 273 g/mol. The Morgan fingerprint density at radius 3 is 2.93 bits per heavy atom. The van der Waals surface area contributed by atoms with E-state index in [0.717, 1.165) is 29.4 Å². The Morgan fingerprint density at radius 2 is 2.47 bits per heavy atom. The van der Waals surface area contributed by atoms with Crippen LogP contribution in [0, 0.1) is 5.92 Å². The first-order valence-corrected chi connectivity index (χ1v) is 6.19. The van der Waals surface area contributed by atoms with Crippen LogP contribution in [0.3, 0.4) is 0 Å². The van der Waals surface area contributed by atoms with Crippen molar-refractivity contribution in [1.29, 1.82) is 0 Å². The molecule has 4 heteroatoms. The van der Waals surface area contributed by atoms with Gasteiger partial charge in [0.05, 0.1) is 6.04 Å². The fourth-order valence-corrected chi connectivity index (χ4v) is 2.52. The van der Waals surface area contributed by atoms with Crippen molar-refractivity contribution in [3.8, 4) is 0 Å². The lowest BCUT2D eigenvalue weighted by molar-refractivity contribution is 0.213. The van der Waals surface area contributed by atoms with E-state index >= 15 is 0 Å². The molecule has 0 bridgehead atoms. The molecule has 0 amide bonds. The molecule has 0 aromatic carbocycles. The molecule has 1 aliphatic heterocycles. The van der Waals surface area contributed by atoms with Gasteiger partial charge in [0.2, 0.25) is 0 Å². The fourth-order valence-electron chi connectivity index (χ4n) is 2.20. The normalized spacial score (nSPS) is 24.6. The van der Waals surface area contributed by atoms with Crippen LogP contribution in [0.5, 0.6) is 0 Å². The van der Waals surface area contributed by atoms with Crippen LogP contribution in [0.4, 0.5) is 0 Å². The van der Waals surface area contributed by atoms with E-state index in [1.54, 1.807) is 0 Å². The first-order chi connectivity index (χ1) is 7.20. The Hall–Kier alpha value is -0.320. The summed E-state index contributed by atoms with van der Waals surface area (Å²) in [5, 5.41) is 0. The first kappa shape index (κ1) is 11.2. The quantitative estimate of drug-likeness (QED) is 0.919. The summed E-state index contributed by atoms with van der Waals surface area (Å²) >= 11 is 3.32. The standard InChI is InChI=1S/C11H17BrN2O/c1-8-4-5-14(7-8)9(6-13)10-2-3-11(12)15-10/h2-3,8-9H,4-7,13H2,1H3. The third kappa shape index (κ3) is 2.44. The molecule has 0 aliphatic carbocycles. The Kier molecular flexibility index (Phi) is 3.49. The molecule has 2 heterocycles. The lowest BCUT2D eigenvalue weighted by Gasteiger charge is -2.24. The molecule has 1 aliphatic rings. The highest BCUT2D eigenvalue weighted by Gasteiger charge is 2.27. The molecule has 1 aromatic heterocycles. The van der Waals surface area contributed by atoms with Gasteiger partial charge in [0.25, 0.3) is 0 Å². The molecule has 15 heavy (non-hydrogen) atoms. The molecular formula is C11H17BrN2O. The number of halogens is 1. The average Bonchev–Trinajstić information content (AvgIpc) is 2.78. The molecule has 2 rings (SSSR count). The zero-order chi connectivity index (χ0) is 10.8. The van der Waals surface area contributed by atoms with Crippen LogP contribution in [0.25, 0.3) is 0 Å². The van der Waals surface area contributed by atoms with Crippen molar-refractivity contribution in [2.45, 2.75) is 19.4 Å². The predicted octanol–water partition coefficient (Wildman–Crippen LogP) is 2.38. The van der Waals surface area contributed by atoms with Gasteiger partial charge in [0.15, 0.2) is 4.67 Å². The topological polar surface area (TPSA) is 42.4 Å². The number of hydrogen-bond acceptors (Lipinski definition) is 3. The van der Waals surface area contributed by atoms with E-state index in [2.05, 4.69) is 27.8 Å². The van der Waals surface area contributed by atoms with E-state index in [-0.39, 0.29) is 6.04 Å². The maximum Gasteiger partial charge on any atom is 0.169 e. The second-order valence-electron chi connectivity index (χ2n) is 4.28. The van der Waals surface area contributed by atoms with Crippen molar-refractivity contribution >= 4 is 15.9 Å². The summed E-state index contributed by atoms with van der Waals surface area (Å²) in [4.78, 5) is 2.41. The van der Waals surface area contributed by atoms with E-state index in [9.17, 15) is 0 Å². The van der Waals surface area contributed by atoms with Crippen LogP contribution in [-0.4, -0.2) is 24.5 Å². The predicted molar refractivity (Wildman–Crippen MR) is 63.6 cm³/mol. The molecule has 1 saturated heterocycles. The number of furan rings is 1. The summed E-state index contributed by atoms with van der Waals surface area (Å²) < 4.78 is 6.36. The molecular weight excluding hydrogens is 256 g/mol. The second kappa shape index (κ2) is 4.68. The third-order valence-corrected chi connectivity index (χ3v) is 3.47. The minimum atomic E-state index is 0.237. The smallest absolute Gasteiger partial charge is 0.169 e. The van der Waals surface area contributed by atoms with Gasteiger partial charge in [-0.1, -0.05) is 6.92 Å². The second-order valence-corrected chi connectivity index (χ2v) is 5.06. The lowest BCUT2D eigenvalue weighted by Crippen LogP contribution is -2.31. The minimum absolute atomic E-state index is 0.237. The number of hydrogen-bond donors (Lipinski definition) is 1. The number of nitrogens with zero attached hydrogens (tertiary/aromatic N) is 1. The first-order valence-electron chi connectivity index (χ1n) is 5.40. The van der Waals surface area contributed by atoms with Gasteiger partial charge in [-0.3, -0.25) is 4.90 Å². The molecule has 1 fully saturated rings. The van der Waals surface area contributed by atoms with Crippen molar-refractivity contribution in [3.05, 3.63) is 22.6 Å². The zero-order valence-corrected chi connectivity index (χ0v) is 10.5. The van der Waals surface area contributed by atoms with E-state index in [1.165, 1.54) is 6.42 Å². The Balaban J connectivity index is 2.10. The van der Waals surface area contributed by atoms with Gasteiger partial charge in [-0.05, 0) is 46.9 Å². The van der Waals surface area contributed by atoms with E-state index in [4.69, 9.17) is 10.2 Å². The van der Waals surface area contributed by atoms with E-state index in [1.807, 2.05) is 12.1 Å².